The molecule has 21 heavy (non-hydrogen) atoms. The summed E-state index contributed by atoms with van der Waals surface area (Å²) >= 11 is 0. The lowest BCUT2D eigenvalue weighted by Crippen LogP contribution is -2.03. The fourth-order valence-corrected chi connectivity index (χ4v) is 1.99. The van der Waals surface area contributed by atoms with Crippen LogP contribution in [0.3, 0.4) is 0 Å². The van der Waals surface area contributed by atoms with E-state index in [9.17, 15) is 0 Å². The molecule has 0 bridgehead atoms. The number of nitrogens with zero attached hydrogens (tertiary/aromatic N) is 3. The van der Waals surface area contributed by atoms with Crippen molar-refractivity contribution in [3.63, 3.8) is 0 Å². The van der Waals surface area contributed by atoms with Crippen molar-refractivity contribution in [3.05, 3.63) is 48.3 Å². The number of rotatable bonds is 4. The van der Waals surface area contributed by atoms with Crippen LogP contribution in [0, 0.1) is 6.92 Å². The van der Waals surface area contributed by atoms with Gasteiger partial charge in [0.2, 0.25) is 11.8 Å². The van der Waals surface area contributed by atoms with Crippen LogP contribution in [0.2, 0.25) is 0 Å². The van der Waals surface area contributed by atoms with E-state index in [4.69, 9.17) is 4.74 Å². The molecule has 0 spiro atoms. The van der Waals surface area contributed by atoms with Crippen LogP contribution in [0.4, 0.5) is 5.95 Å². The third-order valence-corrected chi connectivity index (χ3v) is 3.05. The molecule has 3 aromatic rings. The van der Waals surface area contributed by atoms with Gasteiger partial charge < -0.3 is 10.1 Å². The first kappa shape index (κ1) is 13.3. The lowest BCUT2D eigenvalue weighted by Gasteiger charge is -2.09. The molecule has 0 aliphatic carbocycles. The third kappa shape index (κ3) is 2.91. The van der Waals surface area contributed by atoms with Crippen molar-refractivity contribution in [1.29, 1.82) is 0 Å². The van der Waals surface area contributed by atoms with E-state index in [1.165, 1.54) is 0 Å². The Bertz CT molecular complexity index is 773. The molecule has 5 nitrogen and oxygen atoms in total. The van der Waals surface area contributed by atoms with E-state index in [2.05, 4.69) is 20.3 Å². The van der Waals surface area contributed by atoms with Gasteiger partial charge in [0.15, 0.2) is 0 Å². The molecule has 0 unspecified atom stereocenters. The molecule has 0 amide bonds. The van der Waals surface area contributed by atoms with E-state index in [0.717, 1.165) is 23.0 Å². The Morgan fingerprint density at radius 2 is 2.10 bits per heavy atom. The predicted octanol–water partition coefficient (Wildman–Crippen LogP) is 3.56. The molecule has 0 aliphatic heterocycles. The molecule has 106 valence electrons. The molecule has 2 heterocycles. The molecule has 0 atom stereocenters. The molecule has 5 heteroatoms. The number of pyridine rings is 1. The van der Waals surface area contributed by atoms with Crippen LogP contribution in [-0.4, -0.2) is 21.5 Å². The van der Waals surface area contributed by atoms with Crippen molar-refractivity contribution in [2.75, 3.05) is 11.9 Å². The Balaban J connectivity index is 1.92. The minimum atomic E-state index is 0.552. The highest BCUT2D eigenvalue weighted by Gasteiger charge is 2.07. The quantitative estimate of drug-likeness (QED) is 0.791. The summed E-state index contributed by atoms with van der Waals surface area (Å²) in [7, 11) is 0. The second kappa shape index (κ2) is 5.75. The Kier molecular flexibility index (Phi) is 3.64. The second-order valence-electron chi connectivity index (χ2n) is 4.67. The van der Waals surface area contributed by atoms with Crippen molar-refractivity contribution in [1.82, 2.24) is 15.0 Å². The standard InChI is InChI=1S/C16H16N4O/c1-3-17-16-19-10-11(2)15(20-16)21-13-7-6-12-5-4-8-18-14(12)9-13/h4-10H,3H2,1-2H3,(H,17,19,20). The third-order valence-electron chi connectivity index (χ3n) is 3.05. The first-order chi connectivity index (χ1) is 10.3. The van der Waals surface area contributed by atoms with E-state index in [1.807, 2.05) is 44.2 Å². The van der Waals surface area contributed by atoms with Gasteiger partial charge in [-0.25, -0.2) is 4.98 Å². The van der Waals surface area contributed by atoms with Gasteiger partial charge in [-0.05, 0) is 32.0 Å². The maximum atomic E-state index is 5.87. The minimum absolute atomic E-state index is 0.552. The maximum Gasteiger partial charge on any atom is 0.226 e. The van der Waals surface area contributed by atoms with E-state index in [0.29, 0.717) is 17.6 Å². The van der Waals surface area contributed by atoms with Crippen molar-refractivity contribution in [2.24, 2.45) is 0 Å². The summed E-state index contributed by atoms with van der Waals surface area (Å²) < 4.78 is 5.87. The number of hydrogen-bond donors (Lipinski definition) is 1. The highest BCUT2D eigenvalue weighted by atomic mass is 16.5. The summed E-state index contributed by atoms with van der Waals surface area (Å²) in [5.41, 5.74) is 1.78. The summed E-state index contributed by atoms with van der Waals surface area (Å²) in [5.74, 6) is 1.83. The highest BCUT2D eigenvalue weighted by molar-refractivity contribution is 5.79. The van der Waals surface area contributed by atoms with Crippen molar-refractivity contribution >= 4 is 16.9 Å². The molecule has 3 rings (SSSR count). The van der Waals surface area contributed by atoms with E-state index in [-0.39, 0.29) is 0 Å². The summed E-state index contributed by atoms with van der Waals surface area (Å²) in [6.45, 7) is 4.69. The Labute approximate surface area is 123 Å². The van der Waals surface area contributed by atoms with Gasteiger partial charge in [-0.1, -0.05) is 6.07 Å². The molecule has 0 radical (unpaired) electrons. The van der Waals surface area contributed by atoms with Crippen LogP contribution in [0.25, 0.3) is 10.9 Å². The minimum Gasteiger partial charge on any atom is -0.438 e. The summed E-state index contributed by atoms with van der Waals surface area (Å²) in [5, 5.41) is 4.16. The predicted molar refractivity (Wildman–Crippen MR) is 82.7 cm³/mol. The Morgan fingerprint density at radius 1 is 1.19 bits per heavy atom. The first-order valence-electron chi connectivity index (χ1n) is 6.86. The summed E-state index contributed by atoms with van der Waals surface area (Å²) in [4.78, 5) is 12.9. The molecule has 0 saturated carbocycles. The monoisotopic (exact) mass is 280 g/mol. The van der Waals surface area contributed by atoms with Crippen LogP contribution in [0.15, 0.2) is 42.7 Å². The number of fused-ring (bicyclic) bond motifs is 1. The summed E-state index contributed by atoms with van der Waals surface area (Å²) in [6.07, 6.45) is 3.52. The zero-order chi connectivity index (χ0) is 14.7. The van der Waals surface area contributed by atoms with E-state index >= 15 is 0 Å². The molecular weight excluding hydrogens is 264 g/mol. The van der Waals surface area contributed by atoms with Gasteiger partial charge in [-0.3, -0.25) is 4.98 Å². The molecule has 0 aliphatic rings. The fraction of sp³-hybridized carbons (Fsp3) is 0.188. The van der Waals surface area contributed by atoms with Gasteiger partial charge in [0, 0.05) is 36.0 Å². The number of hydrogen-bond acceptors (Lipinski definition) is 5. The normalized spacial score (nSPS) is 10.6. The van der Waals surface area contributed by atoms with Crippen LogP contribution >= 0.6 is 0 Å². The average Bonchev–Trinajstić information content (AvgIpc) is 2.51. The lowest BCUT2D eigenvalue weighted by atomic mass is 10.2. The number of aryl methyl sites for hydroxylation is 1. The van der Waals surface area contributed by atoms with Crippen LogP contribution in [0.1, 0.15) is 12.5 Å². The molecule has 1 N–H and O–H groups in total. The van der Waals surface area contributed by atoms with Crippen molar-refractivity contribution in [2.45, 2.75) is 13.8 Å². The lowest BCUT2D eigenvalue weighted by molar-refractivity contribution is 0.458. The zero-order valence-electron chi connectivity index (χ0n) is 12.0. The van der Waals surface area contributed by atoms with Crippen LogP contribution < -0.4 is 10.1 Å². The Hall–Kier alpha value is -2.69. The second-order valence-corrected chi connectivity index (χ2v) is 4.67. The molecule has 0 fully saturated rings. The maximum absolute atomic E-state index is 5.87. The average molecular weight is 280 g/mol. The van der Waals surface area contributed by atoms with Crippen LogP contribution in [-0.2, 0) is 0 Å². The van der Waals surface area contributed by atoms with E-state index < -0.39 is 0 Å². The van der Waals surface area contributed by atoms with Gasteiger partial charge in [0.05, 0.1) is 5.52 Å². The molecule has 0 saturated heterocycles. The zero-order valence-corrected chi connectivity index (χ0v) is 12.0. The first-order valence-corrected chi connectivity index (χ1v) is 6.86. The Morgan fingerprint density at radius 3 is 2.95 bits per heavy atom. The van der Waals surface area contributed by atoms with Gasteiger partial charge >= 0.3 is 0 Å². The molecule has 1 aromatic carbocycles. The van der Waals surface area contributed by atoms with Gasteiger partial charge in [0.25, 0.3) is 0 Å². The number of ether oxygens (including phenoxy) is 1. The van der Waals surface area contributed by atoms with Gasteiger partial charge in [-0.15, -0.1) is 0 Å². The molecule has 2 aromatic heterocycles. The van der Waals surface area contributed by atoms with Crippen molar-refractivity contribution < 1.29 is 4.74 Å². The number of benzene rings is 1. The van der Waals surface area contributed by atoms with Crippen molar-refractivity contribution in [3.8, 4) is 11.6 Å². The molecular formula is C16H16N4O. The van der Waals surface area contributed by atoms with Gasteiger partial charge in [0.1, 0.15) is 5.75 Å². The van der Waals surface area contributed by atoms with Gasteiger partial charge in [-0.2, -0.15) is 4.98 Å². The highest BCUT2D eigenvalue weighted by Crippen LogP contribution is 2.26. The fourth-order valence-electron chi connectivity index (χ4n) is 1.99. The number of nitrogens with one attached hydrogen (secondary N) is 1. The van der Waals surface area contributed by atoms with E-state index in [1.54, 1.807) is 12.4 Å². The summed E-state index contributed by atoms with van der Waals surface area (Å²) in [6, 6.07) is 9.74. The SMILES string of the molecule is CCNc1ncc(C)c(Oc2ccc3cccnc3c2)n1. The van der Waals surface area contributed by atoms with Crippen LogP contribution in [0.5, 0.6) is 11.6 Å². The number of aromatic nitrogens is 3. The number of anilines is 1. The topological polar surface area (TPSA) is 59.9 Å². The smallest absolute Gasteiger partial charge is 0.226 e. The largest absolute Gasteiger partial charge is 0.438 e.